The third-order valence-electron chi connectivity index (χ3n) is 5.74. The average molecular weight is 178 g/mol. The van der Waals surface area contributed by atoms with Crippen molar-refractivity contribution in [2.24, 2.45) is 22.2 Å². The predicted octanol–water partition coefficient (Wildman–Crippen LogP) is 2.79. The van der Waals surface area contributed by atoms with E-state index in [1.54, 1.807) is 0 Å². The first kappa shape index (κ1) is 8.02. The van der Waals surface area contributed by atoms with Crippen LogP contribution in [0.15, 0.2) is 0 Å². The lowest BCUT2D eigenvalue weighted by Crippen LogP contribution is -2.27. The van der Waals surface area contributed by atoms with Crippen LogP contribution in [0.4, 0.5) is 0 Å². The number of hydrogen-bond acceptors (Lipinski definition) is 1. The zero-order valence-corrected chi connectivity index (χ0v) is 8.81. The molecule has 2 unspecified atom stereocenters. The third-order valence-corrected chi connectivity index (χ3v) is 5.74. The lowest BCUT2D eigenvalue weighted by atomic mass is 9.71. The summed E-state index contributed by atoms with van der Waals surface area (Å²) in [5.41, 5.74) is 1.14. The van der Waals surface area contributed by atoms with Crippen molar-refractivity contribution >= 4 is 5.78 Å². The molecule has 4 bridgehead atoms. The Kier molecular flexibility index (Phi) is 1.07. The second-order valence-corrected chi connectivity index (χ2v) is 6.29. The molecule has 0 radical (unpaired) electrons. The Labute approximate surface area is 79.9 Å². The Bertz CT molecular complexity index is 286. The average Bonchev–Trinajstić information content (AvgIpc) is 2.49. The maximum Gasteiger partial charge on any atom is 0.136 e. The summed E-state index contributed by atoms with van der Waals surface area (Å²) in [5, 5.41) is 0. The Morgan fingerprint density at radius 2 is 1.62 bits per heavy atom. The number of rotatable bonds is 1. The lowest BCUT2D eigenvalue weighted by Gasteiger charge is -2.33. The molecular formula is C12H18O. The van der Waals surface area contributed by atoms with Crippen LogP contribution in [-0.2, 0) is 4.79 Å². The molecule has 0 aromatic carbocycles. The zero-order valence-electron chi connectivity index (χ0n) is 8.81. The predicted molar refractivity (Wildman–Crippen MR) is 51.3 cm³/mol. The highest BCUT2D eigenvalue weighted by atomic mass is 16.1. The molecule has 0 heterocycles. The van der Waals surface area contributed by atoms with Crippen LogP contribution < -0.4 is 0 Å². The smallest absolute Gasteiger partial charge is 0.136 e. The van der Waals surface area contributed by atoms with Crippen LogP contribution in [0.2, 0.25) is 0 Å². The van der Waals surface area contributed by atoms with E-state index in [0.29, 0.717) is 16.6 Å². The number of ketones is 1. The molecule has 4 aliphatic carbocycles. The van der Waals surface area contributed by atoms with Crippen molar-refractivity contribution in [3.05, 3.63) is 0 Å². The van der Waals surface area contributed by atoms with Gasteiger partial charge in [0.1, 0.15) is 5.78 Å². The molecule has 0 spiro atoms. The molecule has 1 nitrogen and oxygen atoms in total. The molecule has 4 saturated carbocycles. The fourth-order valence-electron chi connectivity index (χ4n) is 4.89. The molecule has 0 aromatic rings. The summed E-state index contributed by atoms with van der Waals surface area (Å²) >= 11 is 0. The van der Waals surface area contributed by atoms with E-state index in [9.17, 15) is 4.79 Å². The molecule has 0 N–H and O–H groups in total. The monoisotopic (exact) mass is 178 g/mol. The minimum atomic E-state index is 0.128. The molecule has 72 valence electrons. The summed E-state index contributed by atoms with van der Waals surface area (Å²) in [6, 6.07) is 0. The van der Waals surface area contributed by atoms with Gasteiger partial charge >= 0.3 is 0 Å². The van der Waals surface area contributed by atoms with Crippen molar-refractivity contribution in [2.75, 3.05) is 0 Å². The van der Waals surface area contributed by atoms with Gasteiger partial charge in [-0.3, -0.25) is 4.79 Å². The molecule has 0 amide bonds. The molecule has 0 saturated heterocycles. The molecule has 0 aliphatic heterocycles. The topological polar surface area (TPSA) is 17.1 Å². The summed E-state index contributed by atoms with van der Waals surface area (Å²) in [7, 11) is 0. The molecule has 13 heavy (non-hydrogen) atoms. The van der Waals surface area contributed by atoms with Gasteiger partial charge in [-0.1, -0.05) is 13.8 Å². The maximum absolute atomic E-state index is 11.7. The molecule has 4 aliphatic rings. The van der Waals surface area contributed by atoms with Crippen molar-refractivity contribution in [1.82, 2.24) is 0 Å². The van der Waals surface area contributed by atoms with Gasteiger partial charge in [-0.2, -0.15) is 0 Å². The first-order valence-electron chi connectivity index (χ1n) is 5.43. The summed E-state index contributed by atoms with van der Waals surface area (Å²) in [6.45, 7) is 6.63. The van der Waals surface area contributed by atoms with E-state index in [0.717, 1.165) is 5.92 Å². The summed E-state index contributed by atoms with van der Waals surface area (Å²) in [4.78, 5) is 11.7. The fourth-order valence-corrected chi connectivity index (χ4v) is 4.89. The van der Waals surface area contributed by atoms with Gasteiger partial charge in [-0.15, -0.1) is 0 Å². The van der Waals surface area contributed by atoms with Crippen LogP contribution >= 0.6 is 0 Å². The van der Waals surface area contributed by atoms with E-state index in [2.05, 4.69) is 13.8 Å². The summed E-state index contributed by atoms with van der Waals surface area (Å²) in [6.07, 6.45) is 5.03. The molecule has 2 atom stereocenters. The number of carbonyl (C=O) groups is 1. The van der Waals surface area contributed by atoms with Gasteiger partial charge in [0.05, 0.1) is 0 Å². The first-order chi connectivity index (χ1) is 5.92. The molecule has 4 fully saturated rings. The third kappa shape index (κ3) is 0.599. The van der Waals surface area contributed by atoms with E-state index >= 15 is 0 Å². The van der Waals surface area contributed by atoms with Crippen molar-refractivity contribution in [1.29, 1.82) is 0 Å². The van der Waals surface area contributed by atoms with Crippen LogP contribution in [0.1, 0.15) is 46.5 Å². The SMILES string of the molecule is CC(=O)C12CC3(C)CC1CC3(C)C2. The van der Waals surface area contributed by atoms with Crippen molar-refractivity contribution < 1.29 is 4.79 Å². The van der Waals surface area contributed by atoms with Crippen molar-refractivity contribution in [3.8, 4) is 0 Å². The minimum Gasteiger partial charge on any atom is -0.299 e. The van der Waals surface area contributed by atoms with Crippen LogP contribution in [0.25, 0.3) is 0 Å². The summed E-state index contributed by atoms with van der Waals surface area (Å²) < 4.78 is 0. The van der Waals surface area contributed by atoms with Gasteiger partial charge in [0.25, 0.3) is 0 Å². The molecule has 1 heteroatoms. The van der Waals surface area contributed by atoms with Crippen molar-refractivity contribution in [2.45, 2.75) is 46.5 Å². The molecule has 0 aromatic heterocycles. The van der Waals surface area contributed by atoms with Crippen molar-refractivity contribution in [3.63, 3.8) is 0 Å². The highest BCUT2D eigenvalue weighted by Crippen LogP contribution is 2.81. The van der Waals surface area contributed by atoms with Gasteiger partial charge in [-0.25, -0.2) is 0 Å². The standard InChI is InChI=1S/C12H18O/c1-8(13)12-6-10(2)4-9(12)5-11(10,3)7-12/h9H,4-7H2,1-3H3. The Morgan fingerprint density at radius 1 is 1.15 bits per heavy atom. The zero-order chi connectivity index (χ0) is 9.48. The van der Waals surface area contributed by atoms with E-state index in [-0.39, 0.29) is 5.41 Å². The Morgan fingerprint density at radius 3 is 1.77 bits per heavy atom. The Hall–Kier alpha value is -0.330. The minimum absolute atomic E-state index is 0.128. The van der Waals surface area contributed by atoms with Crippen LogP contribution in [0.5, 0.6) is 0 Å². The number of Topliss-reactive ketones (excluding diaryl/α,β-unsaturated/α-hetero) is 1. The van der Waals surface area contributed by atoms with Gasteiger partial charge in [0.2, 0.25) is 0 Å². The highest BCUT2D eigenvalue weighted by molar-refractivity contribution is 5.84. The fraction of sp³-hybridized carbons (Fsp3) is 0.917. The lowest BCUT2D eigenvalue weighted by molar-refractivity contribution is -0.127. The number of hydrogen-bond donors (Lipinski definition) is 0. The quantitative estimate of drug-likeness (QED) is 0.603. The van der Waals surface area contributed by atoms with E-state index in [1.807, 2.05) is 6.92 Å². The normalized spacial score (nSPS) is 62.2. The largest absolute Gasteiger partial charge is 0.299 e. The maximum atomic E-state index is 11.7. The molecular weight excluding hydrogens is 160 g/mol. The first-order valence-corrected chi connectivity index (χ1v) is 5.43. The van der Waals surface area contributed by atoms with E-state index < -0.39 is 0 Å². The van der Waals surface area contributed by atoms with E-state index in [4.69, 9.17) is 0 Å². The van der Waals surface area contributed by atoms with E-state index in [1.165, 1.54) is 25.7 Å². The second kappa shape index (κ2) is 1.74. The van der Waals surface area contributed by atoms with Gasteiger partial charge in [0.15, 0.2) is 0 Å². The second-order valence-electron chi connectivity index (χ2n) is 6.29. The summed E-state index contributed by atoms with van der Waals surface area (Å²) in [5.74, 6) is 1.21. The highest BCUT2D eigenvalue weighted by Gasteiger charge is 2.75. The van der Waals surface area contributed by atoms with Gasteiger partial charge in [-0.05, 0) is 49.4 Å². The van der Waals surface area contributed by atoms with Crippen LogP contribution in [-0.4, -0.2) is 5.78 Å². The Balaban J connectivity index is 2.14. The van der Waals surface area contributed by atoms with Gasteiger partial charge < -0.3 is 0 Å². The molecule has 4 rings (SSSR count). The van der Waals surface area contributed by atoms with Gasteiger partial charge in [0, 0.05) is 5.41 Å². The number of carbonyl (C=O) groups excluding carboxylic acids is 1. The van der Waals surface area contributed by atoms with Crippen LogP contribution in [0, 0.1) is 22.2 Å². The van der Waals surface area contributed by atoms with Crippen LogP contribution in [0.3, 0.4) is 0 Å².